The Labute approximate surface area is 129 Å². The Morgan fingerprint density at radius 3 is 2.86 bits per heavy atom. The number of hydrogen-bond donors (Lipinski definition) is 2. The number of benzene rings is 1. The van der Waals surface area contributed by atoms with Crippen molar-refractivity contribution in [1.29, 1.82) is 0 Å². The fourth-order valence-corrected chi connectivity index (χ4v) is 2.39. The molecule has 5 nitrogen and oxygen atoms in total. The first-order valence-corrected chi connectivity index (χ1v) is 7.09. The molecule has 21 heavy (non-hydrogen) atoms. The van der Waals surface area contributed by atoms with E-state index in [9.17, 15) is 9.90 Å². The fourth-order valence-electron chi connectivity index (χ4n) is 2.15. The zero-order valence-electron chi connectivity index (χ0n) is 11.2. The molecule has 0 unspecified atom stereocenters. The van der Waals surface area contributed by atoms with Crippen molar-refractivity contribution in [3.05, 3.63) is 58.3 Å². The molecule has 0 atom stereocenters. The van der Waals surface area contributed by atoms with Gasteiger partial charge in [-0.05, 0) is 42.8 Å². The first-order chi connectivity index (χ1) is 10.1. The van der Waals surface area contributed by atoms with Crippen LogP contribution < -0.4 is 5.32 Å². The molecular formula is C15H12BrN3O2. The van der Waals surface area contributed by atoms with Crippen molar-refractivity contribution in [2.45, 2.75) is 6.92 Å². The lowest BCUT2D eigenvalue weighted by atomic mass is 10.2. The van der Waals surface area contributed by atoms with Gasteiger partial charge in [-0.15, -0.1) is 0 Å². The van der Waals surface area contributed by atoms with Gasteiger partial charge in [0.2, 0.25) is 0 Å². The van der Waals surface area contributed by atoms with E-state index < -0.39 is 5.97 Å². The van der Waals surface area contributed by atoms with Crippen LogP contribution in [0.25, 0.3) is 5.65 Å². The number of halogens is 1. The van der Waals surface area contributed by atoms with Crippen LogP contribution in [0.15, 0.2) is 47.1 Å². The SMILES string of the molecule is Cc1cc(Nc2nc3ccccn3c2C(=O)O)ccc1Br. The van der Waals surface area contributed by atoms with Crippen LogP contribution in [0.2, 0.25) is 0 Å². The van der Waals surface area contributed by atoms with Crippen molar-refractivity contribution in [1.82, 2.24) is 9.38 Å². The molecule has 3 aromatic rings. The fraction of sp³-hybridized carbons (Fsp3) is 0.0667. The molecule has 3 rings (SSSR count). The summed E-state index contributed by atoms with van der Waals surface area (Å²) in [5.41, 5.74) is 2.56. The zero-order chi connectivity index (χ0) is 15.0. The molecule has 0 aliphatic rings. The van der Waals surface area contributed by atoms with Gasteiger partial charge in [0, 0.05) is 16.4 Å². The molecule has 0 spiro atoms. The predicted octanol–water partition coefficient (Wildman–Crippen LogP) is 3.85. The molecule has 0 saturated heterocycles. The lowest BCUT2D eigenvalue weighted by Crippen LogP contribution is -2.05. The molecule has 2 aromatic heterocycles. The number of hydrogen-bond acceptors (Lipinski definition) is 3. The molecule has 0 aliphatic heterocycles. The number of aromatic carboxylic acids is 1. The Balaban J connectivity index is 2.09. The van der Waals surface area contributed by atoms with Crippen LogP contribution in [0, 0.1) is 6.92 Å². The molecule has 0 bridgehead atoms. The standard InChI is InChI=1S/C15H12BrN3O2/c1-9-8-10(5-6-11(9)16)17-14-13(15(20)21)19-7-3-2-4-12(19)18-14/h2-8,17H,1H3,(H,20,21). The number of carbonyl (C=O) groups is 1. The monoisotopic (exact) mass is 345 g/mol. The van der Waals surface area contributed by atoms with Crippen LogP contribution in [-0.2, 0) is 0 Å². The average Bonchev–Trinajstić information content (AvgIpc) is 2.80. The topological polar surface area (TPSA) is 66.6 Å². The summed E-state index contributed by atoms with van der Waals surface area (Å²) in [6.07, 6.45) is 1.68. The highest BCUT2D eigenvalue weighted by atomic mass is 79.9. The van der Waals surface area contributed by atoms with Crippen molar-refractivity contribution in [3.8, 4) is 0 Å². The van der Waals surface area contributed by atoms with Crippen LogP contribution in [0.3, 0.4) is 0 Å². The molecule has 0 aliphatic carbocycles. The van der Waals surface area contributed by atoms with Crippen LogP contribution in [0.4, 0.5) is 11.5 Å². The maximum atomic E-state index is 11.5. The van der Waals surface area contributed by atoms with Gasteiger partial charge in [-0.25, -0.2) is 9.78 Å². The third-order valence-corrected chi connectivity index (χ3v) is 4.04. The third kappa shape index (κ3) is 2.50. The van der Waals surface area contributed by atoms with Crippen molar-refractivity contribution in [3.63, 3.8) is 0 Å². The van der Waals surface area contributed by atoms with E-state index in [2.05, 4.69) is 26.2 Å². The third-order valence-electron chi connectivity index (χ3n) is 3.15. The second kappa shape index (κ2) is 5.21. The lowest BCUT2D eigenvalue weighted by Gasteiger charge is -2.06. The molecule has 2 N–H and O–H groups in total. The van der Waals surface area contributed by atoms with Crippen LogP contribution in [-0.4, -0.2) is 20.5 Å². The number of anilines is 2. The highest BCUT2D eigenvalue weighted by Crippen LogP contribution is 2.25. The van der Waals surface area contributed by atoms with E-state index in [1.807, 2.05) is 31.2 Å². The molecular weight excluding hydrogens is 334 g/mol. The van der Waals surface area contributed by atoms with Gasteiger partial charge >= 0.3 is 5.97 Å². The molecule has 0 amide bonds. The Morgan fingerprint density at radius 2 is 2.14 bits per heavy atom. The van der Waals surface area contributed by atoms with Crippen molar-refractivity contribution < 1.29 is 9.90 Å². The summed E-state index contributed by atoms with van der Waals surface area (Å²) in [5.74, 6) is -0.694. The quantitative estimate of drug-likeness (QED) is 0.756. The van der Waals surface area contributed by atoms with E-state index in [0.29, 0.717) is 11.5 Å². The molecule has 2 heterocycles. The number of carboxylic acids is 1. The number of carboxylic acid groups (broad SMARTS) is 1. The smallest absolute Gasteiger partial charge is 0.356 e. The van der Waals surface area contributed by atoms with E-state index in [1.54, 1.807) is 22.7 Å². The van der Waals surface area contributed by atoms with Crippen LogP contribution >= 0.6 is 15.9 Å². The number of rotatable bonds is 3. The minimum Gasteiger partial charge on any atom is -0.476 e. The molecule has 0 radical (unpaired) electrons. The molecule has 6 heteroatoms. The second-order valence-electron chi connectivity index (χ2n) is 4.63. The zero-order valence-corrected chi connectivity index (χ0v) is 12.8. The van der Waals surface area contributed by atoms with Gasteiger partial charge in [0.1, 0.15) is 5.65 Å². The van der Waals surface area contributed by atoms with Gasteiger partial charge in [0.25, 0.3) is 0 Å². The van der Waals surface area contributed by atoms with Gasteiger partial charge in [-0.3, -0.25) is 4.40 Å². The normalized spacial score (nSPS) is 10.8. The maximum Gasteiger partial charge on any atom is 0.356 e. The maximum absolute atomic E-state index is 11.5. The first kappa shape index (κ1) is 13.6. The highest BCUT2D eigenvalue weighted by molar-refractivity contribution is 9.10. The summed E-state index contributed by atoms with van der Waals surface area (Å²) in [6.45, 7) is 1.97. The number of nitrogens with one attached hydrogen (secondary N) is 1. The van der Waals surface area contributed by atoms with E-state index in [0.717, 1.165) is 15.7 Å². The average molecular weight is 346 g/mol. The lowest BCUT2D eigenvalue weighted by molar-refractivity contribution is 0.0690. The predicted molar refractivity (Wildman–Crippen MR) is 84.3 cm³/mol. The van der Waals surface area contributed by atoms with E-state index in [1.165, 1.54) is 0 Å². The summed E-state index contributed by atoms with van der Waals surface area (Å²) in [6, 6.07) is 11.1. The Hall–Kier alpha value is -2.34. The Kier molecular flexibility index (Phi) is 3.39. The van der Waals surface area contributed by atoms with Crippen molar-refractivity contribution in [2.24, 2.45) is 0 Å². The number of fused-ring (bicyclic) bond motifs is 1. The summed E-state index contributed by atoms with van der Waals surface area (Å²) < 4.78 is 2.55. The van der Waals surface area contributed by atoms with E-state index in [-0.39, 0.29) is 5.69 Å². The van der Waals surface area contributed by atoms with Gasteiger partial charge in [0.05, 0.1) is 0 Å². The van der Waals surface area contributed by atoms with Crippen molar-refractivity contribution in [2.75, 3.05) is 5.32 Å². The molecule has 0 saturated carbocycles. The van der Waals surface area contributed by atoms with Crippen molar-refractivity contribution >= 4 is 39.1 Å². The Bertz CT molecular complexity index is 842. The molecule has 106 valence electrons. The van der Waals surface area contributed by atoms with Gasteiger partial charge in [0.15, 0.2) is 11.5 Å². The van der Waals surface area contributed by atoms with Gasteiger partial charge < -0.3 is 10.4 Å². The van der Waals surface area contributed by atoms with E-state index >= 15 is 0 Å². The number of aryl methyl sites for hydroxylation is 1. The summed E-state index contributed by atoms with van der Waals surface area (Å²) in [5, 5.41) is 12.5. The van der Waals surface area contributed by atoms with Gasteiger partial charge in [-0.1, -0.05) is 22.0 Å². The summed E-state index contributed by atoms with van der Waals surface area (Å²) in [4.78, 5) is 15.8. The summed E-state index contributed by atoms with van der Waals surface area (Å²) in [7, 11) is 0. The first-order valence-electron chi connectivity index (χ1n) is 6.30. The Morgan fingerprint density at radius 1 is 1.33 bits per heavy atom. The number of pyridine rings is 1. The minimum atomic E-state index is -1.02. The number of imidazole rings is 1. The van der Waals surface area contributed by atoms with E-state index in [4.69, 9.17) is 0 Å². The second-order valence-corrected chi connectivity index (χ2v) is 5.49. The van der Waals surface area contributed by atoms with Crippen LogP contribution in [0.1, 0.15) is 16.1 Å². The molecule has 1 aromatic carbocycles. The van der Waals surface area contributed by atoms with Gasteiger partial charge in [-0.2, -0.15) is 0 Å². The number of aromatic nitrogens is 2. The molecule has 0 fully saturated rings. The number of nitrogens with zero attached hydrogens (tertiary/aromatic N) is 2. The highest BCUT2D eigenvalue weighted by Gasteiger charge is 2.18. The minimum absolute atomic E-state index is 0.117. The largest absolute Gasteiger partial charge is 0.476 e. The van der Waals surface area contributed by atoms with Crippen LogP contribution in [0.5, 0.6) is 0 Å². The summed E-state index contributed by atoms with van der Waals surface area (Å²) >= 11 is 3.44.